The first-order chi connectivity index (χ1) is 11.6. The van der Waals surface area contributed by atoms with Crippen molar-refractivity contribution in [3.8, 4) is 0 Å². The summed E-state index contributed by atoms with van der Waals surface area (Å²) in [4.78, 5) is 24.6. The number of piperazine rings is 1. The van der Waals surface area contributed by atoms with E-state index in [-0.39, 0.29) is 18.3 Å². The van der Waals surface area contributed by atoms with Gasteiger partial charge in [0.2, 0.25) is 5.91 Å². The predicted molar refractivity (Wildman–Crippen MR) is 105 cm³/mol. The molecule has 1 aliphatic carbocycles. The van der Waals surface area contributed by atoms with Crippen molar-refractivity contribution in [1.82, 2.24) is 19.7 Å². The van der Waals surface area contributed by atoms with Crippen LogP contribution in [-0.2, 0) is 11.3 Å². The highest BCUT2D eigenvalue weighted by atomic mass is 35.5. The minimum Gasteiger partial charge on any atom is -0.375 e. The fourth-order valence-corrected chi connectivity index (χ4v) is 4.42. The number of likely N-dealkylation sites (N-methyl/N-ethyl adjacent to an activating group) is 1. The molecule has 1 aromatic rings. The van der Waals surface area contributed by atoms with E-state index < -0.39 is 0 Å². The highest BCUT2D eigenvalue weighted by Crippen LogP contribution is 2.22. The normalized spacial score (nSPS) is 20.2. The van der Waals surface area contributed by atoms with Gasteiger partial charge in [-0.25, -0.2) is 4.98 Å². The number of aromatic nitrogens is 1. The zero-order chi connectivity index (χ0) is 16.9. The summed E-state index contributed by atoms with van der Waals surface area (Å²) in [5.41, 5.74) is 5.69. The molecule has 25 heavy (non-hydrogen) atoms. The van der Waals surface area contributed by atoms with Crippen LogP contribution in [0.25, 0.3) is 0 Å². The molecule has 1 aliphatic heterocycles. The zero-order valence-electron chi connectivity index (χ0n) is 15.0. The van der Waals surface area contributed by atoms with E-state index in [9.17, 15) is 4.79 Å². The number of carbonyl (C=O) groups is 1. The van der Waals surface area contributed by atoms with Gasteiger partial charge in [-0.1, -0.05) is 19.3 Å². The summed E-state index contributed by atoms with van der Waals surface area (Å²) in [6.07, 6.45) is 8.08. The van der Waals surface area contributed by atoms with E-state index in [4.69, 9.17) is 5.73 Å². The second-order valence-corrected chi connectivity index (χ2v) is 8.16. The summed E-state index contributed by atoms with van der Waals surface area (Å²) >= 11 is 1.56. The Morgan fingerprint density at radius 1 is 1.24 bits per heavy atom. The molecule has 3 rings (SSSR count). The summed E-state index contributed by atoms with van der Waals surface area (Å²) in [6.45, 7) is 5.39. The van der Waals surface area contributed by atoms with Crippen molar-refractivity contribution < 1.29 is 4.79 Å². The molecule has 0 unspecified atom stereocenters. The highest BCUT2D eigenvalue weighted by Gasteiger charge is 2.25. The SMILES string of the molecule is CN(C(=O)CN1CCN(Cc2cnc(N)s2)CC1)C1CCCCC1.Cl. The Bertz CT molecular complexity index is 541. The Hall–Kier alpha value is -0.890. The maximum absolute atomic E-state index is 12.5. The van der Waals surface area contributed by atoms with E-state index >= 15 is 0 Å². The molecule has 1 saturated carbocycles. The fourth-order valence-electron chi connectivity index (χ4n) is 3.70. The number of amides is 1. The minimum absolute atomic E-state index is 0. The van der Waals surface area contributed by atoms with Crippen LogP contribution in [0.2, 0.25) is 0 Å². The molecule has 0 spiro atoms. The van der Waals surface area contributed by atoms with Crippen LogP contribution in [0.1, 0.15) is 37.0 Å². The van der Waals surface area contributed by atoms with Gasteiger partial charge in [-0.05, 0) is 12.8 Å². The van der Waals surface area contributed by atoms with Crippen LogP contribution in [-0.4, -0.2) is 71.4 Å². The number of thiazole rings is 1. The van der Waals surface area contributed by atoms with Gasteiger partial charge in [0, 0.05) is 56.9 Å². The van der Waals surface area contributed by atoms with E-state index in [1.165, 1.54) is 37.0 Å². The summed E-state index contributed by atoms with van der Waals surface area (Å²) in [5, 5.41) is 0.639. The van der Waals surface area contributed by atoms with Crippen molar-refractivity contribution in [2.75, 3.05) is 45.5 Å². The lowest BCUT2D eigenvalue weighted by Crippen LogP contribution is -2.50. The van der Waals surface area contributed by atoms with Gasteiger partial charge in [-0.15, -0.1) is 23.7 Å². The number of nitrogens with two attached hydrogens (primary N) is 1. The number of hydrogen-bond acceptors (Lipinski definition) is 6. The Kier molecular flexibility index (Phi) is 7.93. The molecule has 0 aromatic carbocycles. The first-order valence-electron chi connectivity index (χ1n) is 9.02. The maximum Gasteiger partial charge on any atom is 0.236 e. The van der Waals surface area contributed by atoms with Crippen LogP contribution < -0.4 is 5.73 Å². The number of anilines is 1. The van der Waals surface area contributed by atoms with Crippen LogP contribution in [0.3, 0.4) is 0 Å². The smallest absolute Gasteiger partial charge is 0.236 e. The van der Waals surface area contributed by atoms with Crippen LogP contribution in [0.5, 0.6) is 0 Å². The first-order valence-corrected chi connectivity index (χ1v) is 9.84. The highest BCUT2D eigenvalue weighted by molar-refractivity contribution is 7.15. The van der Waals surface area contributed by atoms with E-state index in [1.807, 2.05) is 18.1 Å². The van der Waals surface area contributed by atoms with E-state index in [0.29, 0.717) is 17.7 Å². The molecule has 2 N–H and O–H groups in total. The summed E-state index contributed by atoms with van der Waals surface area (Å²) in [5.74, 6) is 0.283. The van der Waals surface area contributed by atoms with Crippen molar-refractivity contribution >= 4 is 34.8 Å². The van der Waals surface area contributed by atoms with Crippen LogP contribution in [0.4, 0.5) is 5.13 Å². The first kappa shape index (κ1) is 20.4. The standard InChI is InChI=1S/C17H29N5OS.ClH/c1-20(14-5-3-2-4-6-14)16(23)13-22-9-7-21(8-10-22)12-15-11-19-17(18)24-15;/h11,14H,2-10,12-13H2,1H3,(H2,18,19);1H. The number of hydrogen-bond donors (Lipinski definition) is 1. The second-order valence-electron chi connectivity index (χ2n) is 7.01. The molecule has 1 saturated heterocycles. The van der Waals surface area contributed by atoms with E-state index in [1.54, 1.807) is 11.3 Å². The fraction of sp³-hybridized carbons (Fsp3) is 0.765. The number of rotatable bonds is 5. The Morgan fingerprint density at radius 2 is 1.88 bits per heavy atom. The molecule has 1 aromatic heterocycles. The molecule has 0 atom stereocenters. The number of carbonyl (C=O) groups excluding carboxylic acids is 1. The third-order valence-corrected chi connectivity index (χ3v) is 6.10. The Morgan fingerprint density at radius 3 is 2.48 bits per heavy atom. The van der Waals surface area contributed by atoms with Gasteiger partial charge in [-0.2, -0.15) is 0 Å². The molecular weight excluding hydrogens is 358 g/mol. The summed E-state index contributed by atoms with van der Waals surface area (Å²) in [7, 11) is 1.99. The van der Waals surface area contributed by atoms with Crippen LogP contribution >= 0.6 is 23.7 Å². The lowest BCUT2D eigenvalue weighted by Gasteiger charge is -2.36. The Balaban J connectivity index is 0.00000225. The van der Waals surface area contributed by atoms with Gasteiger partial charge < -0.3 is 10.6 Å². The molecule has 1 amide bonds. The van der Waals surface area contributed by atoms with Crippen molar-refractivity contribution in [1.29, 1.82) is 0 Å². The van der Waals surface area contributed by atoms with Crippen LogP contribution in [0, 0.1) is 0 Å². The van der Waals surface area contributed by atoms with Crippen molar-refractivity contribution in [2.45, 2.75) is 44.7 Å². The molecule has 0 radical (unpaired) electrons. The third kappa shape index (κ3) is 5.81. The van der Waals surface area contributed by atoms with Gasteiger partial charge in [0.25, 0.3) is 0 Å². The third-order valence-electron chi connectivity index (χ3n) is 5.29. The number of nitrogen functional groups attached to an aromatic ring is 1. The molecule has 8 heteroatoms. The average molecular weight is 388 g/mol. The van der Waals surface area contributed by atoms with Gasteiger partial charge in [-0.3, -0.25) is 14.6 Å². The zero-order valence-corrected chi connectivity index (χ0v) is 16.7. The molecule has 2 fully saturated rings. The van der Waals surface area contributed by atoms with Crippen molar-refractivity contribution in [2.24, 2.45) is 0 Å². The lowest BCUT2D eigenvalue weighted by atomic mass is 9.94. The molecular formula is C17H30ClN5OS. The van der Waals surface area contributed by atoms with Crippen molar-refractivity contribution in [3.05, 3.63) is 11.1 Å². The van der Waals surface area contributed by atoms with Gasteiger partial charge in [0.15, 0.2) is 5.13 Å². The van der Waals surface area contributed by atoms with Crippen molar-refractivity contribution in [3.63, 3.8) is 0 Å². The molecule has 6 nitrogen and oxygen atoms in total. The number of halogens is 1. The topological polar surface area (TPSA) is 65.7 Å². The summed E-state index contributed by atoms with van der Waals surface area (Å²) in [6, 6.07) is 0.462. The molecule has 2 aliphatic rings. The molecule has 0 bridgehead atoms. The Labute approximate surface area is 160 Å². The second kappa shape index (κ2) is 9.71. The van der Waals surface area contributed by atoms with E-state index in [2.05, 4.69) is 14.8 Å². The van der Waals surface area contributed by atoms with Gasteiger partial charge in [0.05, 0.1) is 6.54 Å². The minimum atomic E-state index is 0. The maximum atomic E-state index is 12.5. The largest absolute Gasteiger partial charge is 0.375 e. The van der Waals surface area contributed by atoms with Gasteiger partial charge >= 0.3 is 0 Å². The summed E-state index contributed by atoms with van der Waals surface area (Å²) < 4.78 is 0. The molecule has 142 valence electrons. The van der Waals surface area contributed by atoms with Gasteiger partial charge in [0.1, 0.15) is 0 Å². The average Bonchev–Trinajstić information content (AvgIpc) is 3.01. The number of nitrogens with zero attached hydrogens (tertiary/aromatic N) is 4. The lowest BCUT2D eigenvalue weighted by molar-refractivity contribution is -0.134. The predicted octanol–water partition coefficient (Wildman–Crippen LogP) is 2.06. The van der Waals surface area contributed by atoms with Crippen LogP contribution in [0.15, 0.2) is 6.20 Å². The molecule has 2 heterocycles. The monoisotopic (exact) mass is 387 g/mol. The van der Waals surface area contributed by atoms with E-state index in [0.717, 1.165) is 32.7 Å². The quantitative estimate of drug-likeness (QED) is 0.837.